The molecule has 3 N–H and O–H groups in total. The molecular weight excluding hydrogens is 190 g/mol. The molecule has 3 heteroatoms. The van der Waals surface area contributed by atoms with E-state index in [1.807, 2.05) is 0 Å². The monoisotopic (exact) mass is 205 g/mol. The Morgan fingerprint density at radius 2 is 1.87 bits per heavy atom. The van der Waals surface area contributed by atoms with Gasteiger partial charge in [-0.2, -0.15) is 0 Å². The van der Waals surface area contributed by atoms with Gasteiger partial charge in [-0.25, -0.2) is 0 Å². The minimum Gasteiger partial charge on any atom is -0.365 e. The van der Waals surface area contributed by atoms with Gasteiger partial charge in [-0.1, -0.05) is 0 Å². The summed E-state index contributed by atoms with van der Waals surface area (Å²) in [5, 5.41) is 10.8. The average molecular weight is 205 g/mol. The largest absolute Gasteiger partial charge is 0.365 e. The van der Waals surface area contributed by atoms with E-state index in [-0.39, 0.29) is 5.60 Å². The van der Waals surface area contributed by atoms with E-state index in [4.69, 9.17) is 10.5 Å². The van der Waals surface area contributed by atoms with Crippen LogP contribution in [0, 0.1) is 47.3 Å². The molecule has 10 atom stereocenters. The first-order valence-electron chi connectivity index (χ1n) is 6.36. The van der Waals surface area contributed by atoms with Gasteiger partial charge in [0.1, 0.15) is 0 Å². The van der Waals surface area contributed by atoms with Crippen molar-refractivity contribution in [2.75, 3.05) is 6.54 Å². The summed E-state index contributed by atoms with van der Waals surface area (Å²) in [5.74, 6) is 4.85. The van der Waals surface area contributed by atoms with Crippen LogP contribution >= 0.6 is 0 Å². The van der Waals surface area contributed by atoms with Crippen molar-refractivity contribution in [3.63, 3.8) is 0 Å². The summed E-state index contributed by atoms with van der Waals surface area (Å²) in [6, 6.07) is 0. The fourth-order valence-electron chi connectivity index (χ4n) is 7.58. The maximum Gasteiger partial charge on any atom is 0.173 e. The Balaban J connectivity index is 1.77. The third-order valence-corrected chi connectivity index (χ3v) is 7.26. The second-order valence-electron chi connectivity index (χ2n) is 6.83. The lowest BCUT2D eigenvalue weighted by Crippen LogP contribution is -2.53. The number of nitrogens with two attached hydrogens (primary N) is 1. The van der Waals surface area contributed by atoms with Crippen molar-refractivity contribution < 1.29 is 9.84 Å². The van der Waals surface area contributed by atoms with Crippen LogP contribution in [0.2, 0.25) is 0 Å². The highest BCUT2D eigenvalue weighted by Gasteiger charge is 2.96. The van der Waals surface area contributed by atoms with Gasteiger partial charge < -0.3 is 15.6 Å². The zero-order chi connectivity index (χ0) is 9.74. The Bertz CT molecular complexity index is 426. The minimum absolute atomic E-state index is 0.0822. The topological polar surface area (TPSA) is 55.5 Å². The zero-order valence-corrected chi connectivity index (χ0v) is 8.47. The van der Waals surface area contributed by atoms with Crippen molar-refractivity contribution in [3.8, 4) is 0 Å². The van der Waals surface area contributed by atoms with Gasteiger partial charge >= 0.3 is 0 Å². The molecule has 0 amide bonds. The van der Waals surface area contributed by atoms with Crippen LogP contribution in [0.5, 0.6) is 0 Å². The molecule has 80 valence electrons. The molecule has 5 saturated carbocycles. The molecule has 7 aliphatic rings. The zero-order valence-electron chi connectivity index (χ0n) is 8.47. The molecule has 7 rings (SSSR count). The van der Waals surface area contributed by atoms with E-state index in [1.165, 1.54) is 6.42 Å². The first kappa shape index (κ1) is 7.25. The molecule has 0 spiro atoms. The molecule has 15 heavy (non-hydrogen) atoms. The van der Waals surface area contributed by atoms with Gasteiger partial charge in [0.2, 0.25) is 0 Å². The number of aliphatic hydroxyl groups is 1. The lowest BCUT2D eigenvalue weighted by atomic mass is 9.57. The van der Waals surface area contributed by atoms with Gasteiger partial charge in [-0.15, -0.1) is 0 Å². The van der Waals surface area contributed by atoms with Crippen LogP contribution in [0.25, 0.3) is 0 Å². The molecule has 0 unspecified atom stereocenters. The molecule has 7 fully saturated rings. The molecule has 2 saturated heterocycles. The standard InChI is InChI=1S/C12H15NO2/c13-2-11-7-3-1-4-6-5(3)9(11)10(6)12(14,15-11)8(4)7/h3-10,14H,1-2,13H2/t3-,4+,5-,6+,7+,8-,9+,10-,11-,12+/m0/s1. The van der Waals surface area contributed by atoms with Crippen molar-refractivity contribution in [1.29, 1.82) is 0 Å². The third kappa shape index (κ3) is 0.369. The van der Waals surface area contributed by atoms with E-state index in [0.717, 1.165) is 23.7 Å². The van der Waals surface area contributed by atoms with Crippen molar-refractivity contribution in [2.45, 2.75) is 17.8 Å². The summed E-state index contributed by atoms with van der Waals surface area (Å²) in [4.78, 5) is 0. The minimum atomic E-state index is -0.730. The van der Waals surface area contributed by atoms with E-state index >= 15 is 0 Å². The molecular formula is C12H15NO2. The normalized spacial score (nSPS) is 87.6. The molecule has 0 aromatic rings. The Morgan fingerprint density at radius 1 is 1.13 bits per heavy atom. The van der Waals surface area contributed by atoms with E-state index in [9.17, 15) is 5.11 Å². The summed E-state index contributed by atoms with van der Waals surface area (Å²) in [5.41, 5.74) is 5.91. The van der Waals surface area contributed by atoms with Crippen LogP contribution in [0.1, 0.15) is 6.42 Å². The summed E-state index contributed by atoms with van der Waals surface area (Å²) < 4.78 is 6.12. The van der Waals surface area contributed by atoms with Crippen LogP contribution in [-0.4, -0.2) is 23.0 Å². The Kier molecular flexibility index (Phi) is 0.737. The van der Waals surface area contributed by atoms with E-state index in [1.54, 1.807) is 0 Å². The van der Waals surface area contributed by atoms with Gasteiger partial charge in [0, 0.05) is 30.2 Å². The van der Waals surface area contributed by atoms with Crippen molar-refractivity contribution >= 4 is 0 Å². The summed E-state index contributed by atoms with van der Waals surface area (Å²) >= 11 is 0. The maximum atomic E-state index is 10.8. The second-order valence-corrected chi connectivity index (χ2v) is 6.83. The summed E-state index contributed by atoms with van der Waals surface area (Å²) in [7, 11) is 0. The molecule has 5 aliphatic carbocycles. The predicted octanol–water partition coefficient (Wildman–Crippen LogP) is -0.210. The van der Waals surface area contributed by atoms with Crippen LogP contribution in [-0.2, 0) is 4.74 Å². The molecule has 3 nitrogen and oxygen atoms in total. The quantitative estimate of drug-likeness (QED) is 0.623. The third-order valence-electron chi connectivity index (χ3n) is 7.26. The highest BCUT2D eigenvalue weighted by Crippen LogP contribution is 2.92. The number of hydrogen-bond acceptors (Lipinski definition) is 3. The molecule has 2 aliphatic heterocycles. The molecule has 4 bridgehead atoms. The van der Waals surface area contributed by atoms with Gasteiger partial charge in [0.15, 0.2) is 5.79 Å². The smallest absolute Gasteiger partial charge is 0.173 e. The Labute approximate surface area is 88.0 Å². The lowest BCUT2D eigenvalue weighted by molar-refractivity contribution is -0.209. The first-order valence-corrected chi connectivity index (χ1v) is 6.36. The Morgan fingerprint density at radius 3 is 2.67 bits per heavy atom. The first-order chi connectivity index (χ1) is 7.24. The van der Waals surface area contributed by atoms with E-state index < -0.39 is 5.79 Å². The van der Waals surface area contributed by atoms with Gasteiger partial charge in [0.05, 0.1) is 5.60 Å². The Hall–Kier alpha value is -0.120. The lowest BCUT2D eigenvalue weighted by Gasteiger charge is -2.46. The molecule has 2 heterocycles. The maximum absolute atomic E-state index is 10.8. The fourth-order valence-corrected chi connectivity index (χ4v) is 7.58. The van der Waals surface area contributed by atoms with Gasteiger partial charge in [-0.3, -0.25) is 0 Å². The average Bonchev–Trinajstić information content (AvgIpc) is 2.75. The SMILES string of the molecule is NC[C@@]12O[C@]3(O)[C@H]4[C@@H]5C[C@@H]([C@H]6[C@@H]5[C@H]3[C@@H]61)[C@H]42. The van der Waals surface area contributed by atoms with Crippen molar-refractivity contribution in [3.05, 3.63) is 0 Å². The highest BCUT2D eigenvalue weighted by atomic mass is 16.7. The highest BCUT2D eigenvalue weighted by molar-refractivity contribution is 5.41. The van der Waals surface area contributed by atoms with E-state index in [0.29, 0.717) is 30.2 Å². The van der Waals surface area contributed by atoms with Crippen LogP contribution in [0.4, 0.5) is 0 Å². The van der Waals surface area contributed by atoms with Crippen molar-refractivity contribution in [2.24, 2.45) is 53.1 Å². The van der Waals surface area contributed by atoms with Crippen LogP contribution in [0.15, 0.2) is 0 Å². The van der Waals surface area contributed by atoms with Gasteiger partial charge in [-0.05, 0) is 30.1 Å². The molecule has 0 aromatic heterocycles. The van der Waals surface area contributed by atoms with Gasteiger partial charge in [0.25, 0.3) is 0 Å². The number of hydrogen-bond donors (Lipinski definition) is 2. The van der Waals surface area contributed by atoms with E-state index in [2.05, 4.69) is 0 Å². The predicted molar refractivity (Wildman–Crippen MR) is 50.4 cm³/mol. The fraction of sp³-hybridized carbons (Fsp3) is 1.00. The summed E-state index contributed by atoms with van der Waals surface area (Å²) in [6.45, 7) is 0.643. The number of ether oxygens (including phenoxy) is 1. The van der Waals surface area contributed by atoms with Crippen molar-refractivity contribution in [1.82, 2.24) is 0 Å². The van der Waals surface area contributed by atoms with Crippen LogP contribution in [0.3, 0.4) is 0 Å². The number of rotatable bonds is 1. The second kappa shape index (κ2) is 1.52. The molecule has 0 radical (unpaired) electrons. The molecule has 0 aromatic carbocycles. The van der Waals surface area contributed by atoms with Crippen LogP contribution < -0.4 is 5.73 Å². The summed E-state index contributed by atoms with van der Waals surface area (Å²) in [6.07, 6.45) is 1.38.